The molecule has 0 aliphatic carbocycles. The Morgan fingerprint density at radius 3 is 2.64 bits per heavy atom. The molecule has 0 fully saturated rings. The third-order valence-electron chi connectivity index (χ3n) is 3.73. The maximum Gasteiger partial charge on any atom is 0.251 e. The summed E-state index contributed by atoms with van der Waals surface area (Å²) in [6.07, 6.45) is 0. The van der Waals surface area contributed by atoms with Gasteiger partial charge in [-0.2, -0.15) is 0 Å². The van der Waals surface area contributed by atoms with Crippen LogP contribution < -0.4 is 15.4 Å². The third-order valence-corrected chi connectivity index (χ3v) is 3.96. The average molecular weight is 361 g/mol. The summed E-state index contributed by atoms with van der Waals surface area (Å²) < 4.78 is 5.34. The summed E-state index contributed by atoms with van der Waals surface area (Å²) in [6, 6.07) is 12.1. The highest BCUT2D eigenvalue weighted by Crippen LogP contribution is 2.25. The fourth-order valence-electron chi connectivity index (χ4n) is 2.45. The number of aryl methyl sites for hydroxylation is 1. The lowest BCUT2D eigenvalue weighted by molar-refractivity contribution is -0.120. The molecule has 0 bridgehead atoms. The monoisotopic (exact) mass is 360 g/mol. The molecule has 1 atom stereocenters. The van der Waals surface area contributed by atoms with Crippen LogP contribution in [0.15, 0.2) is 42.5 Å². The predicted octanol–water partition coefficient (Wildman–Crippen LogP) is 3.26. The second-order valence-corrected chi connectivity index (χ2v) is 6.16. The van der Waals surface area contributed by atoms with Crippen molar-refractivity contribution in [3.63, 3.8) is 0 Å². The number of carbonyl (C=O) groups excluding carboxylic acids is 2. The van der Waals surface area contributed by atoms with Crippen molar-refractivity contribution < 1.29 is 14.3 Å². The number of halogens is 1. The van der Waals surface area contributed by atoms with E-state index in [1.807, 2.05) is 32.0 Å². The summed E-state index contributed by atoms with van der Waals surface area (Å²) in [5.74, 6) is 0.0752. The van der Waals surface area contributed by atoms with Gasteiger partial charge in [0.25, 0.3) is 5.91 Å². The Hall–Kier alpha value is -2.53. The molecule has 2 rings (SSSR count). The van der Waals surface area contributed by atoms with Crippen LogP contribution in [-0.4, -0.2) is 25.5 Å². The molecule has 0 heterocycles. The molecule has 0 radical (unpaired) electrons. The van der Waals surface area contributed by atoms with Crippen molar-refractivity contribution in [1.29, 1.82) is 0 Å². The van der Waals surface area contributed by atoms with Gasteiger partial charge < -0.3 is 15.4 Å². The first-order chi connectivity index (χ1) is 11.9. The fraction of sp³-hybridized carbons (Fsp3) is 0.263. The van der Waals surface area contributed by atoms with Crippen molar-refractivity contribution in [3.8, 4) is 5.75 Å². The van der Waals surface area contributed by atoms with Gasteiger partial charge in [-0.25, -0.2) is 0 Å². The zero-order valence-electron chi connectivity index (χ0n) is 14.4. The largest absolute Gasteiger partial charge is 0.496 e. The lowest BCUT2D eigenvalue weighted by Gasteiger charge is -2.18. The number of ether oxygens (including phenoxy) is 1. The molecule has 2 aromatic carbocycles. The molecule has 0 saturated carbocycles. The van der Waals surface area contributed by atoms with Crippen molar-refractivity contribution in [2.24, 2.45) is 0 Å². The van der Waals surface area contributed by atoms with E-state index >= 15 is 0 Å². The highest BCUT2D eigenvalue weighted by Gasteiger charge is 2.15. The van der Waals surface area contributed by atoms with Crippen molar-refractivity contribution in [2.45, 2.75) is 19.9 Å². The standard InChI is InChI=1S/C19H21ClN2O3/c1-12-7-8-17(25-3)16(9-12)13(2)22-18(23)11-21-19(24)14-5-4-6-15(20)10-14/h4-10,13H,11H2,1-3H3,(H,21,24)(H,22,23)/t13-/m1/s1. The Bertz CT molecular complexity index is 777. The minimum atomic E-state index is -0.349. The van der Waals surface area contributed by atoms with Crippen molar-refractivity contribution >= 4 is 23.4 Å². The summed E-state index contributed by atoms with van der Waals surface area (Å²) in [6.45, 7) is 3.72. The molecule has 2 amide bonds. The van der Waals surface area contributed by atoms with Crippen LogP contribution in [0.4, 0.5) is 0 Å². The normalized spacial score (nSPS) is 11.5. The summed E-state index contributed by atoms with van der Waals surface area (Å²) in [4.78, 5) is 24.2. The molecule has 6 heteroatoms. The van der Waals surface area contributed by atoms with Crippen LogP contribution in [0.2, 0.25) is 5.02 Å². The number of hydrogen-bond acceptors (Lipinski definition) is 3. The zero-order valence-corrected chi connectivity index (χ0v) is 15.2. The Balaban J connectivity index is 1.94. The van der Waals surface area contributed by atoms with E-state index in [1.165, 1.54) is 0 Å². The molecule has 0 aliphatic rings. The number of hydrogen-bond donors (Lipinski definition) is 2. The molecule has 2 N–H and O–H groups in total. The molecular formula is C19H21ClN2O3. The molecule has 25 heavy (non-hydrogen) atoms. The molecule has 0 spiro atoms. The Morgan fingerprint density at radius 2 is 1.96 bits per heavy atom. The first-order valence-corrected chi connectivity index (χ1v) is 8.26. The number of carbonyl (C=O) groups is 2. The summed E-state index contributed by atoms with van der Waals surface area (Å²) >= 11 is 5.86. The van der Waals surface area contributed by atoms with Gasteiger partial charge in [0.2, 0.25) is 5.91 Å². The Labute approximate surface area is 152 Å². The van der Waals surface area contributed by atoms with E-state index in [0.29, 0.717) is 16.3 Å². The predicted molar refractivity (Wildman–Crippen MR) is 98.1 cm³/mol. The third kappa shape index (κ3) is 5.22. The van der Waals surface area contributed by atoms with Crippen LogP contribution in [0.5, 0.6) is 5.75 Å². The van der Waals surface area contributed by atoms with E-state index in [4.69, 9.17) is 16.3 Å². The van der Waals surface area contributed by atoms with E-state index in [9.17, 15) is 9.59 Å². The molecule has 0 unspecified atom stereocenters. The Kier molecular flexibility index (Phi) is 6.42. The second-order valence-electron chi connectivity index (χ2n) is 5.73. The van der Waals surface area contributed by atoms with Crippen LogP contribution in [0.1, 0.15) is 34.5 Å². The van der Waals surface area contributed by atoms with E-state index in [-0.39, 0.29) is 24.4 Å². The van der Waals surface area contributed by atoms with Gasteiger partial charge >= 0.3 is 0 Å². The molecule has 2 aromatic rings. The second kappa shape index (κ2) is 8.53. The van der Waals surface area contributed by atoms with Crippen molar-refractivity contribution in [3.05, 3.63) is 64.2 Å². The average Bonchev–Trinajstić information content (AvgIpc) is 2.59. The molecule has 132 valence electrons. The number of benzene rings is 2. The van der Waals surface area contributed by atoms with E-state index < -0.39 is 0 Å². The lowest BCUT2D eigenvalue weighted by Crippen LogP contribution is -2.38. The fourth-order valence-corrected chi connectivity index (χ4v) is 2.65. The Morgan fingerprint density at radius 1 is 1.20 bits per heavy atom. The minimum Gasteiger partial charge on any atom is -0.496 e. The van der Waals surface area contributed by atoms with E-state index in [2.05, 4.69) is 10.6 Å². The molecular weight excluding hydrogens is 340 g/mol. The van der Waals surface area contributed by atoms with Crippen LogP contribution in [-0.2, 0) is 4.79 Å². The maximum atomic E-state index is 12.1. The van der Waals surface area contributed by atoms with Gasteiger partial charge in [-0.3, -0.25) is 9.59 Å². The first kappa shape index (κ1) is 18.8. The van der Waals surface area contributed by atoms with Gasteiger partial charge in [0, 0.05) is 16.1 Å². The van der Waals surface area contributed by atoms with Crippen molar-refractivity contribution in [2.75, 3.05) is 13.7 Å². The number of amides is 2. The molecule has 0 aliphatic heterocycles. The van der Waals surface area contributed by atoms with Gasteiger partial charge in [-0.05, 0) is 38.1 Å². The SMILES string of the molecule is COc1ccc(C)cc1[C@@H](C)NC(=O)CNC(=O)c1cccc(Cl)c1. The van der Waals surface area contributed by atoms with Gasteiger partial charge in [-0.15, -0.1) is 0 Å². The highest BCUT2D eigenvalue weighted by atomic mass is 35.5. The van der Waals surface area contributed by atoms with Gasteiger partial charge in [0.15, 0.2) is 0 Å². The lowest BCUT2D eigenvalue weighted by atomic mass is 10.0. The van der Waals surface area contributed by atoms with Crippen LogP contribution >= 0.6 is 11.6 Å². The summed E-state index contributed by atoms with van der Waals surface area (Å²) in [5.41, 5.74) is 2.37. The quantitative estimate of drug-likeness (QED) is 0.830. The zero-order chi connectivity index (χ0) is 18.4. The maximum absolute atomic E-state index is 12.1. The number of nitrogens with one attached hydrogen (secondary N) is 2. The van der Waals surface area contributed by atoms with E-state index in [0.717, 1.165) is 11.1 Å². The molecule has 5 nitrogen and oxygen atoms in total. The van der Waals surface area contributed by atoms with Gasteiger partial charge in [-0.1, -0.05) is 35.4 Å². The smallest absolute Gasteiger partial charge is 0.251 e. The topological polar surface area (TPSA) is 67.4 Å². The minimum absolute atomic E-state index is 0.121. The first-order valence-electron chi connectivity index (χ1n) is 7.88. The molecule has 0 aromatic heterocycles. The van der Waals surface area contributed by atoms with Crippen molar-refractivity contribution in [1.82, 2.24) is 10.6 Å². The number of rotatable bonds is 6. The van der Waals surface area contributed by atoms with Crippen LogP contribution in [0, 0.1) is 6.92 Å². The van der Waals surface area contributed by atoms with Crippen LogP contribution in [0.3, 0.4) is 0 Å². The summed E-state index contributed by atoms with van der Waals surface area (Å²) in [7, 11) is 1.59. The highest BCUT2D eigenvalue weighted by molar-refractivity contribution is 6.30. The molecule has 0 saturated heterocycles. The van der Waals surface area contributed by atoms with Gasteiger partial charge in [0.05, 0.1) is 19.7 Å². The summed E-state index contributed by atoms with van der Waals surface area (Å²) in [5, 5.41) is 5.91. The van der Waals surface area contributed by atoms with E-state index in [1.54, 1.807) is 31.4 Å². The van der Waals surface area contributed by atoms with Crippen LogP contribution in [0.25, 0.3) is 0 Å². The number of methoxy groups -OCH3 is 1. The van der Waals surface area contributed by atoms with Gasteiger partial charge in [0.1, 0.15) is 5.75 Å².